The second kappa shape index (κ2) is 7.49. The van der Waals surface area contributed by atoms with Gasteiger partial charge in [-0.25, -0.2) is 0 Å². The van der Waals surface area contributed by atoms with Gasteiger partial charge in [-0.2, -0.15) is 0 Å². The molecular formula is C12H27N3O. The molecule has 0 aromatic carbocycles. The van der Waals surface area contributed by atoms with E-state index in [0.717, 1.165) is 32.2 Å². The van der Waals surface area contributed by atoms with Gasteiger partial charge in [0, 0.05) is 11.5 Å². The molecule has 0 radical (unpaired) electrons. The minimum absolute atomic E-state index is 0.203. The van der Waals surface area contributed by atoms with Gasteiger partial charge in [-0.05, 0) is 32.7 Å². The van der Waals surface area contributed by atoms with E-state index in [2.05, 4.69) is 24.3 Å². The summed E-state index contributed by atoms with van der Waals surface area (Å²) in [6.07, 6.45) is 4.33. The van der Waals surface area contributed by atoms with Gasteiger partial charge in [0.1, 0.15) is 5.84 Å². The summed E-state index contributed by atoms with van der Waals surface area (Å²) in [5.41, 5.74) is 5.42. The SMILES string of the molecule is CCC(C)NCCCCC(C)(C)C(N)=NO. The van der Waals surface area contributed by atoms with Gasteiger partial charge in [0.15, 0.2) is 0 Å². The van der Waals surface area contributed by atoms with Crippen molar-refractivity contribution in [1.82, 2.24) is 5.32 Å². The maximum Gasteiger partial charge on any atom is 0.144 e. The van der Waals surface area contributed by atoms with E-state index in [4.69, 9.17) is 10.9 Å². The van der Waals surface area contributed by atoms with Crippen LogP contribution in [0.2, 0.25) is 0 Å². The summed E-state index contributed by atoms with van der Waals surface area (Å²) in [5, 5.41) is 15.2. The summed E-state index contributed by atoms with van der Waals surface area (Å²) in [6.45, 7) is 9.43. The van der Waals surface area contributed by atoms with Crippen LogP contribution in [0.5, 0.6) is 0 Å². The number of nitrogens with two attached hydrogens (primary N) is 1. The zero-order valence-corrected chi connectivity index (χ0v) is 11.1. The Morgan fingerprint density at radius 2 is 2.06 bits per heavy atom. The Bertz CT molecular complexity index is 214. The van der Waals surface area contributed by atoms with Crippen molar-refractivity contribution in [3.63, 3.8) is 0 Å². The van der Waals surface area contributed by atoms with Crippen molar-refractivity contribution in [3.8, 4) is 0 Å². The average Bonchev–Trinajstić information content (AvgIpc) is 2.26. The number of hydrogen-bond acceptors (Lipinski definition) is 3. The van der Waals surface area contributed by atoms with Crippen LogP contribution in [-0.4, -0.2) is 23.6 Å². The smallest absolute Gasteiger partial charge is 0.144 e. The molecule has 0 aliphatic rings. The monoisotopic (exact) mass is 229 g/mol. The van der Waals surface area contributed by atoms with Crippen molar-refractivity contribution in [2.45, 2.75) is 59.4 Å². The number of hydrogen-bond donors (Lipinski definition) is 3. The van der Waals surface area contributed by atoms with Crippen molar-refractivity contribution in [1.29, 1.82) is 0 Å². The van der Waals surface area contributed by atoms with E-state index in [0.29, 0.717) is 11.9 Å². The lowest BCUT2D eigenvalue weighted by Crippen LogP contribution is -2.32. The molecule has 0 heterocycles. The van der Waals surface area contributed by atoms with Crippen LogP contribution < -0.4 is 11.1 Å². The third-order valence-corrected chi connectivity index (χ3v) is 3.13. The first-order valence-corrected chi connectivity index (χ1v) is 6.15. The van der Waals surface area contributed by atoms with Crippen molar-refractivity contribution < 1.29 is 5.21 Å². The lowest BCUT2D eigenvalue weighted by Gasteiger charge is -2.22. The van der Waals surface area contributed by atoms with Gasteiger partial charge < -0.3 is 16.3 Å². The summed E-state index contributed by atoms with van der Waals surface area (Å²) in [4.78, 5) is 0. The minimum atomic E-state index is -0.203. The summed E-state index contributed by atoms with van der Waals surface area (Å²) in [7, 11) is 0. The highest BCUT2D eigenvalue weighted by molar-refractivity contribution is 5.85. The van der Waals surface area contributed by atoms with E-state index in [1.807, 2.05) is 13.8 Å². The quantitative estimate of drug-likeness (QED) is 0.197. The molecule has 4 heteroatoms. The van der Waals surface area contributed by atoms with Crippen molar-refractivity contribution in [2.75, 3.05) is 6.54 Å². The topological polar surface area (TPSA) is 70.6 Å². The molecule has 96 valence electrons. The van der Waals surface area contributed by atoms with E-state index in [1.165, 1.54) is 0 Å². The van der Waals surface area contributed by atoms with Crippen molar-refractivity contribution in [3.05, 3.63) is 0 Å². The lowest BCUT2D eigenvalue weighted by atomic mass is 9.86. The Balaban J connectivity index is 3.66. The molecule has 16 heavy (non-hydrogen) atoms. The Morgan fingerprint density at radius 3 is 2.56 bits per heavy atom. The van der Waals surface area contributed by atoms with E-state index in [1.54, 1.807) is 0 Å². The second-order valence-electron chi connectivity index (χ2n) is 5.09. The van der Waals surface area contributed by atoms with E-state index in [-0.39, 0.29) is 5.41 Å². The molecule has 1 atom stereocenters. The second-order valence-corrected chi connectivity index (χ2v) is 5.09. The van der Waals surface area contributed by atoms with Gasteiger partial charge in [-0.15, -0.1) is 0 Å². The molecule has 4 N–H and O–H groups in total. The molecule has 0 saturated heterocycles. The van der Waals surface area contributed by atoms with Gasteiger partial charge in [0.05, 0.1) is 0 Å². The predicted molar refractivity (Wildman–Crippen MR) is 68.8 cm³/mol. The van der Waals surface area contributed by atoms with Gasteiger partial charge >= 0.3 is 0 Å². The zero-order chi connectivity index (χ0) is 12.6. The molecule has 0 bridgehead atoms. The molecule has 4 nitrogen and oxygen atoms in total. The highest BCUT2D eigenvalue weighted by Gasteiger charge is 2.22. The van der Waals surface area contributed by atoms with Crippen LogP contribution >= 0.6 is 0 Å². The molecular weight excluding hydrogens is 202 g/mol. The van der Waals surface area contributed by atoms with Crippen LogP contribution in [0, 0.1) is 5.41 Å². The van der Waals surface area contributed by atoms with Gasteiger partial charge in [-0.1, -0.05) is 32.3 Å². The molecule has 0 fully saturated rings. The first-order chi connectivity index (χ1) is 7.44. The number of amidine groups is 1. The fraction of sp³-hybridized carbons (Fsp3) is 0.917. The summed E-state index contributed by atoms with van der Waals surface area (Å²) < 4.78 is 0. The van der Waals surface area contributed by atoms with Crippen LogP contribution in [0.4, 0.5) is 0 Å². The molecule has 0 rings (SSSR count). The predicted octanol–water partition coefficient (Wildman–Crippen LogP) is 2.32. The third kappa shape index (κ3) is 5.95. The van der Waals surface area contributed by atoms with Crippen LogP contribution in [0.15, 0.2) is 5.16 Å². The van der Waals surface area contributed by atoms with Gasteiger partial charge in [-0.3, -0.25) is 0 Å². The molecule has 0 aromatic rings. The highest BCUT2D eigenvalue weighted by Crippen LogP contribution is 2.23. The fourth-order valence-corrected chi connectivity index (χ4v) is 1.45. The molecule has 0 spiro atoms. The summed E-state index contributed by atoms with van der Waals surface area (Å²) >= 11 is 0. The van der Waals surface area contributed by atoms with Gasteiger partial charge in [0.2, 0.25) is 0 Å². The Labute approximate surface area is 99.3 Å². The Hall–Kier alpha value is -0.770. The highest BCUT2D eigenvalue weighted by atomic mass is 16.4. The third-order valence-electron chi connectivity index (χ3n) is 3.13. The summed E-state index contributed by atoms with van der Waals surface area (Å²) in [6, 6.07) is 0.595. The Kier molecular flexibility index (Phi) is 7.13. The lowest BCUT2D eigenvalue weighted by molar-refractivity contribution is 0.304. The number of rotatable bonds is 8. The minimum Gasteiger partial charge on any atom is -0.409 e. The largest absolute Gasteiger partial charge is 0.409 e. The maximum absolute atomic E-state index is 8.63. The summed E-state index contributed by atoms with van der Waals surface area (Å²) in [5.74, 6) is 0.322. The molecule has 0 saturated carbocycles. The van der Waals surface area contributed by atoms with Crippen LogP contribution in [0.25, 0.3) is 0 Å². The average molecular weight is 229 g/mol. The molecule has 0 amide bonds. The number of oxime groups is 1. The van der Waals surface area contributed by atoms with E-state index < -0.39 is 0 Å². The maximum atomic E-state index is 8.63. The zero-order valence-electron chi connectivity index (χ0n) is 11.1. The first kappa shape index (κ1) is 15.2. The van der Waals surface area contributed by atoms with Crippen molar-refractivity contribution in [2.24, 2.45) is 16.3 Å². The van der Waals surface area contributed by atoms with Crippen molar-refractivity contribution >= 4 is 5.84 Å². The normalized spacial score (nSPS) is 15.1. The number of unbranched alkanes of at least 4 members (excludes halogenated alkanes) is 1. The molecule has 0 aliphatic heterocycles. The first-order valence-electron chi connectivity index (χ1n) is 6.15. The van der Waals surface area contributed by atoms with Crippen LogP contribution in [0.3, 0.4) is 0 Å². The molecule has 0 aromatic heterocycles. The molecule has 1 unspecified atom stereocenters. The number of nitrogens with zero attached hydrogens (tertiary/aromatic N) is 1. The van der Waals surface area contributed by atoms with Gasteiger partial charge in [0.25, 0.3) is 0 Å². The standard InChI is InChI=1S/C12H27N3O/c1-5-10(2)14-9-7-6-8-12(3,4)11(13)15-16/h10,14,16H,5-9H2,1-4H3,(H2,13,15). The molecule has 0 aliphatic carbocycles. The fourth-order valence-electron chi connectivity index (χ4n) is 1.45. The Morgan fingerprint density at radius 1 is 1.44 bits per heavy atom. The van der Waals surface area contributed by atoms with Crippen LogP contribution in [-0.2, 0) is 0 Å². The van der Waals surface area contributed by atoms with E-state index in [9.17, 15) is 0 Å². The van der Waals surface area contributed by atoms with Crippen LogP contribution in [0.1, 0.15) is 53.4 Å². The van der Waals surface area contributed by atoms with E-state index >= 15 is 0 Å². The number of nitrogens with one attached hydrogen (secondary N) is 1.